The first kappa shape index (κ1) is 14.1. The van der Waals surface area contributed by atoms with E-state index < -0.39 is 0 Å². The number of carbonyl (C=O) groups excluding carboxylic acids is 1. The van der Waals surface area contributed by atoms with E-state index in [0.717, 1.165) is 12.8 Å². The molecule has 0 unspecified atom stereocenters. The van der Waals surface area contributed by atoms with Crippen molar-refractivity contribution in [2.24, 2.45) is 17.1 Å². The minimum absolute atomic E-state index is 0. The fraction of sp³-hybridized carbons (Fsp3) is 0.923. The molecule has 1 radical (unpaired) electrons. The molecule has 3 heteroatoms. The van der Waals surface area contributed by atoms with Gasteiger partial charge in [-0.3, -0.25) is 4.79 Å². The Morgan fingerprint density at radius 2 is 1.44 bits per heavy atom. The van der Waals surface area contributed by atoms with Crippen LogP contribution in [-0.4, -0.2) is 24.8 Å². The van der Waals surface area contributed by atoms with Crippen molar-refractivity contribution in [3.63, 3.8) is 0 Å². The van der Waals surface area contributed by atoms with Gasteiger partial charge in [-0.15, -0.1) is 0 Å². The molecule has 2 nitrogen and oxygen atoms in total. The molecule has 2 aliphatic rings. The summed E-state index contributed by atoms with van der Waals surface area (Å²) in [4.78, 5) is 11.8. The van der Waals surface area contributed by atoms with Gasteiger partial charge in [0.2, 0.25) is 5.91 Å². The summed E-state index contributed by atoms with van der Waals surface area (Å²) in [6.07, 6.45) is 12.3. The second-order valence-corrected chi connectivity index (χ2v) is 5.42. The summed E-state index contributed by atoms with van der Waals surface area (Å²) >= 11 is 0. The summed E-state index contributed by atoms with van der Waals surface area (Å²) in [5, 5.41) is 0. The SMILES string of the molecule is NC(=O)C1(C2CCCCC2)CCCCC1.[Li]. The molecule has 0 aromatic carbocycles. The van der Waals surface area contributed by atoms with Gasteiger partial charge in [0.15, 0.2) is 0 Å². The molecule has 0 aromatic rings. The van der Waals surface area contributed by atoms with Crippen LogP contribution in [-0.2, 0) is 4.79 Å². The largest absolute Gasteiger partial charge is 0.369 e. The average Bonchev–Trinajstić information content (AvgIpc) is 2.31. The first-order valence-electron chi connectivity index (χ1n) is 6.56. The third kappa shape index (κ3) is 2.66. The summed E-state index contributed by atoms with van der Waals surface area (Å²) < 4.78 is 0. The summed E-state index contributed by atoms with van der Waals surface area (Å²) in [5.41, 5.74) is 5.58. The van der Waals surface area contributed by atoms with E-state index in [2.05, 4.69) is 0 Å². The predicted molar refractivity (Wildman–Crippen MR) is 67.0 cm³/mol. The van der Waals surface area contributed by atoms with Crippen LogP contribution in [0.5, 0.6) is 0 Å². The first-order chi connectivity index (χ1) is 7.26. The van der Waals surface area contributed by atoms with Crippen LogP contribution in [0.15, 0.2) is 0 Å². The van der Waals surface area contributed by atoms with Crippen LogP contribution in [0.2, 0.25) is 0 Å². The summed E-state index contributed by atoms with van der Waals surface area (Å²) in [6.45, 7) is 0. The zero-order valence-corrected chi connectivity index (χ0v) is 10.6. The third-order valence-electron chi connectivity index (χ3n) is 4.62. The molecule has 0 saturated heterocycles. The van der Waals surface area contributed by atoms with Gasteiger partial charge in [0.05, 0.1) is 5.41 Å². The molecule has 0 atom stereocenters. The number of hydrogen-bond acceptors (Lipinski definition) is 1. The molecule has 1 amide bonds. The topological polar surface area (TPSA) is 43.1 Å². The summed E-state index contributed by atoms with van der Waals surface area (Å²) in [5.74, 6) is 0.596. The van der Waals surface area contributed by atoms with Crippen molar-refractivity contribution in [1.29, 1.82) is 0 Å². The van der Waals surface area contributed by atoms with Crippen LogP contribution in [0.3, 0.4) is 0 Å². The maximum atomic E-state index is 11.8. The van der Waals surface area contributed by atoms with Crippen LogP contribution in [0, 0.1) is 11.3 Å². The van der Waals surface area contributed by atoms with Crippen molar-refractivity contribution < 1.29 is 4.79 Å². The van der Waals surface area contributed by atoms with Crippen LogP contribution < -0.4 is 5.73 Å². The smallest absolute Gasteiger partial charge is 0.223 e. The second kappa shape index (κ2) is 6.12. The van der Waals surface area contributed by atoms with Crippen LogP contribution in [0.4, 0.5) is 0 Å². The number of primary amides is 1. The second-order valence-electron chi connectivity index (χ2n) is 5.42. The average molecular weight is 216 g/mol. The van der Waals surface area contributed by atoms with Crippen molar-refractivity contribution >= 4 is 24.8 Å². The molecule has 2 fully saturated rings. The minimum Gasteiger partial charge on any atom is -0.369 e. The Balaban J connectivity index is 0.00000128. The minimum atomic E-state index is -0.112. The van der Waals surface area contributed by atoms with Crippen molar-refractivity contribution in [2.45, 2.75) is 64.2 Å². The standard InChI is InChI=1S/C13H23NO.Li/c14-12(15)13(9-5-2-6-10-13)11-7-3-1-4-8-11;/h11H,1-10H2,(H2,14,15);. The van der Waals surface area contributed by atoms with Gasteiger partial charge in [-0.1, -0.05) is 38.5 Å². The monoisotopic (exact) mass is 216 g/mol. The zero-order chi connectivity index (χ0) is 10.7. The third-order valence-corrected chi connectivity index (χ3v) is 4.62. The molecule has 2 N–H and O–H groups in total. The quantitative estimate of drug-likeness (QED) is 0.708. The van der Waals surface area contributed by atoms with Crippen LogP contribution >= 0.6 is 0 Å². The number of hydrogen-bond donors (Lipinski definition) is 1. The Morgan fingerprint density at radius 1 is 0.938 bits per heavy atom. The maximum absolute atomic E-state index is 11.8. The molecular weight excluding hydrogens is 193 g/mol. The van der Waals surface area contributed by atoms with Gasteiger partial charge >= 0.3 is 0 Å². The van der Waals surface area contributed by atoms with Gasteiger partial charge in [-0.2, -0.15) is 0 Å². The van der Waals surface area contributed by atoms with Crippen molar-refractivity contribution in [3.05, 3.63) is 0 Å². The van der Waals surface area contributed by atoms with E-state index >= 15 is 0 Å². The number of rotatable bonds is 2. The molecule has 16 heavy (non-hydrogen) atoms. The number of carbonyl (C=O) groups is 1. The zero-order valence-electron chi connectivity index (χ0n) is 10.6. The molecule has 2 rings (SSSR count). The van der Waals surface area contributed by atoms with Crippen LogP contribution in [0.25, 0.3) is 0 Å². The Labute approximate surface area is 111 Å². The van der Waals surface area contributed by atoms with Gasteiger partial charge < -0.3 is 5.73 Å². The fourth-order valence-electron chi connectivity index (χ4n) is 3.69. The van der Waals surface area contributed by atoms with E-state index in [1.54, 1.807) is 0 Å². The van der Waals surface area contributed by atoms with Gasteiger partial charge in [0.25, 0.3) is 0 Å². The number of amides is 1. The normalized spacial score (nSPS) is 25.8. The van der Waals surface area contributed by atoms with Gasteiger partial charge in [0, 0.05) is 18.9 Å². The molecule has 0 aromatic heterocycles. The van der Waals surface area contributed by atoms with E-state index in [-0.39, 0.29) is 30.2 Å². The fourth-order valence-corrected chi connectivity index (χ4v) is 3.69. The molecule has 87 valence electrons. The predicted octanol–water partition coefficient (Wildman–Crippen LogP) is 2.62. The van der Waals surface area contributed by atoms with Gasteiger partial charge in [0.1, 0.15) is 0 Å². The Hall–Kier alpha value is 0.0674. The molecule has 0 bridgehead atoms. The van der Waals surface area contributed by atoms with Crippen LogP contribution in [0.1, 0.15) is 64.2 Å². The van der Waals surface area contributed by atoms with E-state index in [1.165, 1.54) is 51.4 Å². The Morgan fingerprint density at radius 3 is 1.94 bits per heavy atom. The number of nitrogens with two attached hydrogens (primary N) is 1. The molecule has 0 heterocycles. The van der Waals surface area contributed by atoms with Crippen molar-refractivity contribution in [3.8, 4) is 0 Å². The Bertz CT molecular complexity index is 230. The molecule has 0 spiro atoms. The maximum Gasteiger partial charge on any atom is 0.223 e. The van der Waals surface area contributed by atoms with Gasteiger partial charge in [-0.25, -0.2) is 0 Å². The molecule has 0 aliphatic heterocycles. The molecule has 2 saturated carbocycles. The van der Waals surface area contributed by atoms with Gasteiger partial charge in [-0.05, 0) is 31.6 Å². The Kier molecular flexibility index (Phi) is 5.41. The van der Waals surface area contributed by atoms with Crippen molar-refractivity contribution in [1.82, 2.24) is 0 Å². The first-order valence-corrected chi connectivity index (χ1v) is 6.56. The summed E-state index contributed by atoms with van der Waals surface area (Å²) in [7, 11) is 0. The molecule has 2 aliphatic carbocycles. The van der Waals surface area contributed by atoms with E-state index in [9.17, 15) is 4.79 Å². The summed E-state index contributed by atoms with van der Waals surface area (Å²) in [6, 6.07) is 0. The van der Waals surface area contributed by atoms with E-state index in [1.807, 2.05) is 0 Å². The van der Waals surface area contributed by atoms with E-state index in [4.69, 9.17) is 5.73 Å². The van der Waals surface area contributed by atoms with Crippen molar-refractivity contribution in [2.75, 3.05) is 0 Å². The van der Waals surface area contributed by atoms with E-state index in [0.29, 0.717) is 5.92 Å². The molecular formula is C13H23LiNO.